The average molecular weight is 369 g/mol. The predicted molar refractivity (Wildman–Crippen MR) is 103 cm³/mol. The molecule has 1 N–H and O–H groups in total. The second-order valence-electron chi connectivity index (χ2n) is 6.83. The highest BCUT2D eigenvalue weighted by atomic mass is 16.5. The van der Waals surface area contributed by atoms with Crippen molar-refractivity contribution in [2.75, 3.05) is 6.61 Å². The first-order valence-corrected chi connectivity index (χ1v) is 9.55. The smallest absolute Gasteiger partial charge is 0.324 e. The van der Waals surface area contributed by atoms with Crippen LogP contribution in [0.3, 0.4) is 0 Å². The number of esters is 1. The van der Waals surface area contributed by atoms with Crippen molar-refractivity contribution in [1.29, 1.82) is 5.26 Å². The van der Waals surface area contributed by atoms with Gasteiger partial charge in [0, 0.05) is 11.6 Å². The first-order chi connectivity index (χ1) is 13.1. The summed E-state index contributed by atoms with van der Waals surface area (Å²) in [6, 6.07) is 11.2. The molecule has 1 heterocycles. The van der Waals surface area contributed by atoms with E-state index in [9.17, 15) is 14.9 Å². The molecule has 6 heteroatoms. The third-order valence-corrected chi connectivity index (χ3v) is 4.86. The number of nitriles is 1. The van der Waals surface area contributed by atoms with Crippen LogP contribution in [-0.4, -0.2) is 24.2 Å². The average Bonchev–Trinajstić information content (AvgIpc) is 3.01. The summed E-state index contributed by atoms with van der Waals surface area (Å²) in [6.07, 6.45) is 5.21. The molecule has 0 radical (unpaired) electrons. The minimum atomic E-state index is -1.07. The van der Waals surface area contributed by atoms with Gasteiger partial charge < -0.3 is 4.74 Å². The highest BCUT2D eigenvalue weighted by Gasteiger charge is 2.43. The molecule has 0 spiro atoms. The SMILES string of the molecule is CCCCCCCOC(=O)C(C#N)C(c1ccccc1)C1C(=O)NN=C1C. The fourth-order valence-electron chi connectivity index (χ4n) is 3.40. The van der Waals surface area contributed by atoms with E-state index >= 15 is 0 Å². The van der Waals surface area contributed by atoms with Gasteiger partial charge in [-0.05, 0) is 18.9 Å². The first-order valence-electron chi connectivity index (χ1n) is 9.55. The lowest BCUT2D eigenvalue weighted by molar-refractivity contribution is -0.147. The van der Waals surface area contributed by atoms with Crippen LogP contribution in [0, 0.1) is 23.2 Å². The largest absolute Gasteiger partial charge is 0.465 e. The molecular formula is C21H27N3O3. The molecule has 1 aromatic carbocycles. The van der Waals surface area contributed by atoms with Gasteiger partial charge in [-0.25, -0.2) is 5.43 Å². The summed E-state index contributed by atoms with van der Waals surface area (Å²) in [5.41, 5.74) is 3.77. The number of hydrazone groups is 1. The molecule has 3 atom stereocenters. The lowest BCUT2D eigenvalue weighted by atomic mass is 9.75. The third kappa shape index (κ3) is 5.40. The molecule has 0 saturated heterocycles. The first kappa shape index (κ1) is 20.6. The lowest BCUT2D eigenvalue weighted by Gasteiger charge is -2.25. The van der Waals surface area contributed by atoms with Gasteiger partial charge in [-0.2, -0.15) is 10.4 Å². The van der Waals surface area contributed by atoms with Crippen LogP contribution in [0.5, 0.6) is 0 Å². The predicted octanol–water partition coefficient (Wildman–Crippen LogP) is 3.55. The summed E-state index contributed by atoms with van der Waals surface area (Å²) >= 11 is 0. The molecule has 27 heavy (non-hydrogen) atoms. The van der Waals surface area contributed by atoms with E-state index in [1.54, 1.807) is 6.92 Å². The summed E-state index contributed by atoms with van der Waals surface area (Å²) in [6.45, 7) is 4.17. The fourth-order valence-corrected chi connectivity index (χ4v) is 3.40. The van der Waals surface area contributed by atoms with Crippen molar-refractivity contribution >= 4 is 17.6 Å². The van der Waals surface area contributed by atoms with Gasteiger partial charge in [0.05, 0.1) is 18.6 Å². The van der Waals surface area contributed by atoms with Crippen LogP contribution in [-0.2, 0) is 14.3 Å². The van der Waals surface area contributed by atoms with Gasteiger partial charge in [-0.1, -0.05) is 62.9 Å². The van der Waals surface area contributed by atoms with E-state index in [4.69, 9.17) is 4.74 Å². The Balaban J connectivity index is 2.13. The number of ether oxygens (including phenoxy) is 1. The Labute approximate surface area is 160 Å². The molecule has 3 unspecified atom stereocenters. The Morgan fingerprint density at radius 3 is 2.56 bits per heavy atom. The molecule has 1 aliphatic rings. The van der Waals surface area contributed by atoms with Crippen molar-refractivity contribution in [3.05, 3.63) is 35.9 Å². The molecule has 0 saturated carbocycles. The van der Waals surface area contributed by atoms with Crippen molar-refractivity contribution < 1.29 is 14.3 Å². The quantitative estimate of drug-likeness (QED) is 0.504. The number of carbonyl (C=O) groups is 2. The second kappa shape index (κ2) is 10.5. The van der Waals surface area contributed by atoms with Gasteiger partial charge >= 0.3 is 5.97 Å². The number of amides is 1. The molecule has 0 fully saturated rings. The topological polar surface area (TPSA) is 91.5 Å². The summed E-state index contributed by atoms with van der Waals surface area (Å²) in [4.78, 5) is 24.9. The third-order valence-electron chi connectivity index (χ3n) is 4.86. The molecular weight excluding hydrogens is 342 g/mol. The van der Waals surface area contributed by atoms with E-state index in [2.05, 4.69) is 23.5 Å². The number of rotatable bonds is 10. The number of nitrogens with zero attached hydrogens (tertiary/aromatic N) is 2. The number of unbranched alkanes of at least 4 members (excludes halogenated alkanes) is 4. The van der Waals surface area contributed by atoms with Crippen molar-refractivity contribution in [2.24, 2.45) is 16.9 Å². The van der Waals surface area contributed by atoms with Crippen LogP contribution in [0.15, 0.2) is 35.4 Å². The van der Waals surface area contributed by atoms with Crippen molar-refractivity contribution in [3.8, 4) is 6.07 Å². The zero-order valence-electron chi connectivity index (χ0n) is 16.0. The minimum absolute atomic E-state index is 0.297. The Kier molecular flexibility index (Phi) is 8.00. The van der Waals surface area contributed by atoms with Crippen LogP contribution in [0.4, 0.5) is 0 Å². The van der Waals surface area contributed by atoms with Gasteiger partial charge in [-0.3, -0.25) is 9.59 Å². The summed E-state index contributed by atoms with van der Waals surface area (Å²) < 4.78 is 5.37. The Morgan fingerprint density at radius 2 is 1.96 bits per heavy atom. The summed E-state index contributed by atoms with van der Waals surface area (Å²) in [5, 5.41) is 13.7. The number of nitrogens with one attached hydrogen (secondary N) is 1. The number of hydrogen-bond acceptors (Lipinski definition) is 5. The Hall–Kier alpha value is -2.68. The summed E-state index contributed by atoms with van der Waals surface area (Å²) in [5.74, 6) is -3.23. The molecule has 0 aromatic heterocycles. The maximum Gasteiger partial charge on any atom is 0.324 e. The Morgan fingerprint density at radius 1 is 1.26 bits per heavy atom. The van der Waals surface area contributed by atoms with Crippen LogP contribution < -0.4 is 5.43 Å². The van der Waals surface area contributed by atoms with Gasteiger partial charge in [0.2, 0.25) is 5.91 Å². The second-order valence-corrected chi connectivity index (χ2v) is 6.83. The number of hydrogen-bond donors (Lipinski definition) is 1. The molecule has 2 rings (SSSR count). The van der Waals surface area contributed by atoms with Crippen molar-refractivity contribution in [1.82, 2.24) is 5.43 Å². The minimum Gasteiger partial charge on any atom is -0.465 e. The molecule has 0 aliphatic carbocycles. The van der Waals surface area contributed by atoms with E-state index in [0.29, 0.717) is 12.3 Å². The summed E-state index contributed by atoms with van der Waals surface area (Å²) in [7, 11) is 0. The normalized spacial score (nSPS) is 18.2. The molecule has 6 nitrogen and oxygen atoms in total. The standard InChI is InChI=1S/C21H27N3O3/c1-3-4-5-6-10-13-27-21(26)17(14-22)19(16-11-8-7-9-12-16)18-15(2)23-24-20(18)25/h7-9,11-12,17-19H,3-6,10,13H2,1-2H3,(H,24,25). The van der Waals surface area contributed by atoms with Crippen molar-refractivity contribution in [2.45, 2.75) is 51.9 Å². The van der Waals surface area contributed by atoms with E-state index < -0.39 is 23.7 Å². The number of benzene rings is 1. The Bertz CT molecular complexity index is 709. The van der Waals surface area contributed by atoms with Crippen LogP contribution in [0.2, 0.25) is 0 Å². The van der Waals surface area contributed by atoms with Crippen LogP contribution in [0.1, 0.15) is 57.4 Å². The molecule has 1 amide bonds. The van der Waals surface area contributed by atoms with E-state index in [1.807, 2.05) is 30.3 Å². The molecule has 144 valence electrons. The van der Waals surface area contributed by atoms with Gasteiger partial charge in [0.15, 0.2) is 5.92 Å². The highest BCUT2D eigenvalue weighted by molar-refractivity contribution is 6.08. The lowest BCUT2D eigenvalue weighted by Crippen LogP contribution is -2.36. The molecule has 1 aliphatic heterocycles. The fraction of sp³-hybridized carbons (Fsp3) is 0.524. The van der Waals surface area contributed by atoms with Gasteiger partial charge in [0.1, 0.15) is 0 Å². The maximum atomic E-state index is 12.6. The van der Waals surface area contributed by atoms with E-state index in [1.165, 1.54) is 6.42 Å². The van der Waals surface area contributed by atoms with Crippen LogP contribution >= 0.6 is 0 Å². The highest BCUT2D eigenvalue weighted by Crippen LogP contribution is 2.35. The van der Waals surface area contributed by atoms with E-state index in [-0.39, 0.29) is 5.91 Å². The molecule has 1 aromatic rings. The molecule has 0 bridgehead atoms. The number of carbonyl (C=O) groups excluding carboxylic acids is 2. The van der Waals surface area contributed by atoms with Crippen LogP contribution in [0.25, 0.3) is 0 Å². The maximum absolute atomic E-state index is 12.6. The zero-order chi connectivity index (χ0) is 19.6. The monoisotopic (exact) mass is 369 g/mol. The zero-order valence-corrected chi connectivity index (χ0v) is 16.0. The van der Waals surface area contributed by atoms with E-state index in [0.717, 1.165) is 31.2 Å². The van der Waals surface area contributed by atoms with Crippen molar-refractivity contribution in [3.63, 3.8) is 0 Å². The van der Waals surface area contributed by atoms with Gasteiger partial charge in [-0.15, -0.1) is 0 Å². The van der Waals surface area contributed by atoms with Gasteiger partial charge in [0.25, 0.3) is 0 Å².